The molecule has 1 heterocycles. The number of halogens is 2. The standard InChI is InChI=1S/C12H14F2N2O3/c13-9-5-12(10(14)4-11(9)16(17)18)19-7-8-2-1-3-15-6-8/h4-5,8,15H,1-3,6-7H2. The molecule has 1 unspecified atom stereocenters. The third kappa shape index (κ3) is 3.37. The number of hydrogen-bond donors (Lipinski definition) is 1. The first-order valence-corrected chi connectivity index (χ1v) is 6.05. The summed E-state index contributed by atoms with van der Waals surface area (Å²) in [4.78, 5) is 9.48. The van der Waals surface area contributed by atoms with Gasteiger partial charge in [-0.3, -0.25) is 10.1 Å². The van der Waals surface area contributed by atoms with Crippen LogP contribution in [0.1, 0.15) is 12.8 Å². The van der Waals surface area contributed by atoms with Crippen LogP contribution in [0.2, 0.25) is 0 Å². The first-order chi connectivity index (χ1) is 9.08. The molecule has 1 saturated heterocycles. The fourth-order valence-corrected chi connectivity index (χ4v) is 2.04. The molecule has 0 radical (unpaired) electrons. The zero-order chi connectivity index (χ0) is 13.8. The van der Waals surface area contributed by atoms with Crippen LogP contribution in [-0.4, -0.2) is 24.6 Å². The molecule has 104 valence electrons. The molecule has 5 nitrogen and oxygen atoms in total. The highest BCUT2D eigenvalue weighted by Crippen LogP contribution is 2.27. The van der Waals surface area contributed by atoms with Crippen LogP contribution in [0, 0.1) is 27.7 Å². The van der Waals surface area contributed by atoms with Gasteiger partial charge in [0.1, 0.15) is 0 Å². The van der Waals surface area contributed by atoms with E-state index in [1.807, 2.05) is 0 Å². The van der Waals surface area contributed by atoms with Gasteiger partial charge in [0.25, 0.3) is 0 Å². The van der Waals surface area contributed by atoms with E-state index in [2.05, 4.69) is 5.32 Å². The number of hydrogen-bond acceptors (Lipinski definition) is 4. The third-order valence-corrected chi connectivity index (χ3v) is 3.07. The normalized spacial score (nSPS) is 19.2. The maximum absolute atomic E-state index is 13.5. The Bertz CT molecular complexity index is 476. The van der Waals surface area contributed by atoms with Gasteiger partial charge in [-0.25, -0.2) is 4.39 Å². The van der Waals surface area contributed by atoms with Gasteiger partial charge >= 0.3 is 5.69 Å². The zero-order valence-corrected chi connectivity index (χ0v) is 10.2. The Morgan fingerprint density at radius 2 is 2.21 bits per heavy atom. The fraction of sp³-hybridized carbons (Fsp3) is 0.500. The number of benzene rings is 1. The van der Waals surface area contributed by atoms with E-state index in [4.69, 9.17) is 4.74 Å². The maximum atomic E-state index is 13.5. The van der Waals surface area contributed by atoms with Crippen LogP contribution in [-0.2, 0) is 0 Å². The lowest BCUT2D eigenvalue weighted by molar-refractivity contribution is -0.387. The molecule has 0 aliphatic carbocycles. The van der Waals surface area contributed by atoms with E-state index in [0.717, 1.165) is 32.0 Å². The summed E-state index contributed by atoms with van der Waals surface area (Å²) in [5, 5.41) is 13.6. The van der Waals surface area contributed by atoms with Crippen LogP contribution in [0.5, 0.6) is 5.75 Å². The second kappa shape index (κ2) is 5.92. The second-order valence-electron chi connectivity index (χ2n) is 4.51. The fourth-order valence-electron chi connectivity index (χ4n) is 2.04. The van der Waals surface area contributed by atoms with Crippen molar-refractivity contribution in [1.82, 2.24) is 5.32 Å². The average Bonchev–Trinajstić information content (AvgIpc) is 2.40. The van der Waals surface area contributed by atoms with E-state index in [-0.39, 0.29) is 18.3 Å². The Morgan fingerprint density at radius 1 is 1.42 bits per heavy atom. The number of nitro benzene ring substituents is 1. The Balaban J connectivity index is 2.04. The number of rotatable bonds is 4. The SMILES string of the molecule is O=[N+]([O-])c1cc(F)c(OCC2CCCNC2)cc1F. The van der Waals surface area contributed by atoms with Crippen molar-refractivity contribution < 1.29 is 18.4 Å². The molecule has 0 amide bonds. The molecular weight excluding hydrogens is 258 g/mol. The smallest absolute Gasteiger partial charge is 0.307 e. The molecule has 0 saturated carbocycles. The molecule has 1 aromatic rings. The molecular formula is C12H14F2N2O3. The summed E-state index contributed by atoms with van der Waals surface area (Å²) in [5.74, 6) is -2.06. The summed E-state index contributed by atoms with van der Waals surface area (Å²) in [6, 6.07) is 1.27. The van der Waals surface area contributed by atoms with Crippen LogP contribution < -0.4 is 10.1 Å². The lowest BCUT2D eigenvalue weighted by Crippen LogP contribution is -2.33. The molecule has 0 spiro atoms. The van der Waals surface area contributed by atoms with Crippen molar-refractivity contribution in [3.8, 4) is 5.75 Å². The highest BCUT2D eigenvalue weighted by molar-refractivity contribution is 5.39. The minimum absolute atomic E-state index is 0.242. The van der Waals surface area contributed by atoms with Crippen LogP contribution in [0.25, 0.3) is 0 Å². The highest BCUT2D eigenvalue weighted by Gasteiger charge is 2.20. The predicted molar refractivity (Wildman–Crippen MR) is 64.1 cm³/mol. The molecule has 0 aromatic heterocycles. The van der Waals surface area contributed by atoms with E-state index in [1.165, 1.54) is 0 Å². The minimum Gasteiger partial charge on any atom is -0.490 e. The summed E-state index contributed by atoms with van der Waals surface area (Å²) >= 11 is 0. The van der Waals surface area contributed by atoms with Crippen LogP contribution >= 0.6 is 0 Å². The lowest BCUT2D eigenvalue weighted by Gasteiger charge is -2.22. The topological polar surface area (TPSA) is 64.4 Å². The number of nitrogens with zero attached hydrogens (tertiary/aromatic N) is 1. The quantitative estimate of drug-likeness (QED) is 0.674. The molecule has 1 aliphatic heterocycles. The van der Waals surface area contributed by atoms with Gasteiger partial charge in [-0.2, -0.15) is 4.39 Å². The molecule has 1 aromatic carbocycles. The maximum Gasteiger partial charge on any atom is 0.307 e. The molecule has 0 bridgehead atoms. The van der Waals surface area contributed by atoms with Gasteiger partial charge in [-0.15, -0.1) is 0 Å². The van der Waals surface area contributed by atoms with Crippen molar-refractivity contribution >= 4 is 5.69 Å². The Hall–Kier alpha value is -1.76. The van der Waals surface area contributed by atoms with E-state index in [9.17, 15) is 18.9 Å². The summed E-state index contributed by atoms with van der Waals surface area (Å²) < 4.78 is 32.1. The second-order valence-corrected chi connectivity index (χ2v) is 4.51. The van der Waals surface area contributed by atoms with E-state index in [1.54, 1.807) is 0 Å². The molecule has 1 fully saturated rings. The summed E-state index contributed by atoms with van der Waals surface area (Å²) in [7, 11) is 0. The van der Waals surface area contributed by atoms with Crippen molar-refractivity contribution in [3.63, 3.8) is 0 Å². The predicted octanol–water partition coefficient (Wildman–Crippen LogP) is 2.25. The van der Waals surface area contributed by atoms with Gasteiger partial charge in [-0.05, 0) is 19.4 Å². The molecule has 1 aliphatic rings. The highest BCUT2D eigenvalue weighted by atomic mass is 19.1. The molecule has 19 heavy (non-hydrogen) atoms. The van der Waals surface area contributed by atoms with Crippen LogP contribution in [0.15, 0.2) is 12.1 Å². The molecule has 1 N–H and O–H groups in total. The van der Waals surface area contributed by atoms with Gasteiger partial charge in [0.2, 0.25) is 5.82 Å². The first kappa shape index (κ1) is 13.7. The molecule has 1 atom stereocenters. The number of nitrogens with one attached hydrogen (secondary N) is 1. The number of nitro groups is 1. The van der Waals surface area contributed by atoms with Crippen molar-refractivity contribution in [1.29, 1.82) is 0 Å². The largest absolute Gasteiger partial charge is 0.490 e. The van der Waals surface area contributed by atoms with E-state index < -0.39 is 22.2 Å². The minimum atomic E-state index is -1.09. The van der Waals surface area contributed by atoms with Gasteiger partial charge in [-0.1, -0.05) is 0 Å². The van der Waals surface area contributed by atoms with Gasteiger partial charge < -0.3 is 10.1 Å². The number of ether oxygens (including phenoxy) is 1. The summed E-state index contributed by atoms with van der Waals surface area (Å²) in [6.07, 6.45) is 1.98. The molecule has 7 heteroatoms. The third-order valence-electron chi connectivity index (χ3n) is 3.07. The monoisotopic (exact) mass is 272 g/mol. The van der Waals surface area contributed by atoms with Gasteiger partial charge in [0.15, 0.2) is 11.6 Å². The Labute approximate surface area is 108 Å². The van der Waals surface area contributed by atoms with Gasteiger partial charge in [0, 0.05) is 18.5 Å². The average molecular weight is 272 g/mol. The Morgan fingerprint density at radius 3 is 2.84 bits per heavy atom. The summed E-state index contributed by atoms with van der Waals surface area (Å²) in [6.45, 7) is 2.00. The zero-order valence-electron chi connectivity index (χ0n) is 10.2. The molecule has 2 rings (SSSR count). The van der Waals surface area contributed by atoms with Crippen molar-refractivity contribution in [2.75, 3.05) is 19.7 Å². The van der Waals surface area contributed by atoms with Gasteiger partial charge in [0.05, 0.1) is 17.6 Å². The lowest BCUT2D eigenvalue weighted by atomic mass is 10.0. The van der Waals surface area contributed by atoms with Crippen LogP contribution in [0.4, 0.5) is 14.5 Å². The number of piperidine rings is 1. The van der Waals surface area contributed by atoms with E-state index >= 15 is 0 Å². The van der Waals surface area contributed by atoms with Crippen molar-refractivity contribution in [2.24, 2.45) is 5.92 Å². The van der Waals surface area contributed by atoms with Crippen LogP contribution in [0.3, 0.4) is 0 Å². The summed E-state index contributed by atoms with van der Waals surface area (Å²) in [5.41, 5.74) is -0.885. The van der Waals surface area contributed by atoms with Crippen molar-refractivity contribution in [2.45, 2.75) is 12.8 Å². The Kier molecular flexibility index (Phi) is 4.26. The first-order valence-electron chi connectivity index (χ1n) is 6.05. The van der Waals surface area contributed by atoms with E-state index in [0.29, 0.717) is 6.07 Å². The van der Waals surface area contributed by atoms with Crippen molar-refractivity contribution in [3.05, 3.63) is 33.9 Å².